The number of hydrogen-bond acceptors (Lipinski definition) is 3. The third-order valence-electron chi connectivity index (χ3n) is 4.77. The van der Waals surface area contributed by atoms with Crippen molar-refractivity contribution >= 4 is 16.8 Å². The van der Waals surface area contributed by atoms with Crippen LogP contribution in [0.15, 0.2) is 36.5 Å². The molecule has 1 aromatic carbocycles. The summed E-state index contributed by atoms with van der Waals surface area (Å²) in [5.74, 6) is 0.163. The van der Waals surface area contributed by atoms with Crippen molar-refractivity contribution in [3.8, 4) is 0 Å². The first-order valence-electron chi connectivity index (χ1n) is 7.69. The number of carbonyl (C=O) groups excluding carboxylic acids is 1. The Balaban J connectivity index is 1.66. The first-order chi connectivity index (χ1) is 10.3. The van der Waals surface area contributed by atoms with Crippen molar-refractivity contribution in [2.24, 2.45) is 0 Å². The predicted molar refractivity (Wildman–Crippen MR) is 82.2 cm³/mol. The maximum Gasteiger partial charge on any atom is 0.254 e. The molecule has 4 heterocycles. The molecular weight excluding hydrogens is 262 g/mol. The number of amides is 1. The number of carbonyl (C=O) groups is 1. The lowest BCUT2D eigenvalue weighted by Gasteiger charge is -2.31. The molecule has 108 valence electrons. The standard InChI is InChI=1S/C17H19N3O/c21-17(20-11-10-19-8-5-15(20)6-9-19)14-4-3-13-2-1-7-18-16(13)12-14/h1-4,7,12,15H,5-6,8-11H2. The summed E-state index contributed by atoms with van der Waals surface area (Å²) in [6.45, 7) is 4.12. The summed E-state index contributed by atoms with van der Waals surface area (Å²) in [7, 11) is 0. The predicted octanol–water partition coefficient (Wildman–Crippen LogP) is 2.16. The minimum Gasteiger partial charge on any atom is -0.334 e. The van der Waals surface area contributed by atoms with Crippen LogP contribution in [0.3, 0.4) is 0 Å². The highest BCUT2D eigenvalue weighted by Crippen LogP contribution is 2.23. The zero-order chi connectivity index (χ0) is 14.2. The van der Waals surface area contributed by atoms with Crippen LogP contribution in [0.2, 0.25) is 0 Å². The van der Waals surface area contributed by atoms with E-state index < -0.39 is 0 Å². The first-order valence-corrected chi connectivity index (χ1v) is 7.69. The summed E-state index contributed by atoms with van der Waals surface area (Å²) >= 11 is 0. The van der Waals surface area contributed by atoms with Crippen LogP contribution in [-0.2, 0) is 0 Å². The van der Waals surface area contributed by atoms with Crippen LogP contribution < -0.4 is 0 Å². The van der Waals surface area contributed by atoms with Gasteiger partial charge in [-0.2, -0.15) is 0 Å². The van der Waals surface area contributed by atoms with Gasteiger partial charge in [0.05, 0.1) is 5.52 Å². The number of piperidine rings is 1. The Morgan fingerprint density at radius 2 is 1.95 bits per heavy atom. The molecule has 0 N–H and O–H groups in total. The smallest absolute Gasteiger partial charge is 0.254 e. The number of fused-ring (bicyclic) bond motifs is 5. The second-order valence-electron chi connectivity index (χ2n) is 5.98. The molecule has 3 aliphatic heterocycles. The Hall–Kier alpha value is -1.94. The number of hydrogen-bond donors (Lipinski definition) is 0. The van der Waals surface area contributed by atoms with E-state index in [2.05, 4.69) is 14.8 Å². The maximum atomic E-state index is 12.9. The van der Waals surface area contributed by atoms with E-state index in [1.54, 1.807) is 6.20 Å². The van der Waals surface area contributed by atoms with E-state index in [1.807, 2.05) is 30.3 Å². The molecule has 0 spiro atoms. The van der Waals surface area contributed by atoms with E-state index in [0.29, 0.717) is 6.04 Å². The summed E-state index contributed by atoms with van der Waals surface area (Å²) < 4.78 is 0. The largest absolute Gasteiger partial charge is 0.334 e. The van der Waals surface area contributed by atoms with Crippen molar-refractivity contribution in [2.75, 3.05) is 26.2 Å². The molecule has 21 heavy (non-hydrogen) atoms. The monoisotopic (exact) mass is 281 g/mol. The van der Waals surface area contributed by atoms with Gasteiger partial charge < -0.3 is 9.80 Å². The summed E-state index contributed by atoms with van der Waals surface area (Å²) in [6.07, 6.45) is 3.99. The fourth-order valence-electron chi connectivity index (χ4n) is 3.52. The van der Waals surface area contributed by atoms with Crippen molar-refractivity contribution in [1.82, 2.24) is 14.8 Å². The van der Waals surface area contributed by atoms with Gasteiger partial charge in [0.25, 0.3) is 5.91 Å². The number of pyridine rings is 1. The highest BCUT2D eigenvalue weighted by molar-refractivity contribution is 5.98. The third kappa shape index (κ3) is 2.29. The van der Waals surface area contributed by atoms with Gasteiger partial charge in [0.1, 0.15) is 0 Å². The molecule has 0 atom stereocenters. The molecule has 0 aliphatic carbocycles. The molecule has 0 saturated carbocycles. The highest BCUT2D eigenvalue weighted by Gasteiger charge is 2.32. The number of aromatic nitrogens is 1. The van der Waals surface area contributed by atoms with Gasteiger partial charge in [-0.15, -0.1) is 0 Å². The number of nitrogens with zero attached hydrogens (tertiary/aromatic N) is 3. The minimum absolute atomic E-state index is 0.163. The molecule has 0 radical (unpaired) electrons. The number of rotatable bonds is 1. The van der Waals surface area contributed by atoms with Crippen LogP contribution in [0, 0.1) is 0 Å². The Morgan fingerprint density at radius 3 is 2.81 bits per heavy atom. The van der Waals surface area contributed by atoms with Gasteiger partial charge >= 0.3 is 0 Å². The van der Waals surface area contributed by atoms with Crippen LogP contribution in [0.5, 0.6) is 0 Å². The van der Waals surface area contributed by atoms with E-state index in [1.165, 1.54) is 0 Å². The third-order valence-corrected chi connectivity index (χ3v) is 4.77. The molecule has 0 unspecified atom stereocenters. The van der Waals surface area contributed by atoms with Crippen LogP contribution in [0.4, 0.5) is 0 Å². The van der Waals surface area contributed by atoms with Crippen molar-refractivity contribution in [3.63, 3.8) is 0 Å². The second-order valence-corrected chi connectivity index (χ2v) is 5.98. The Morgan fingerprint density at radius 1 is 1.10 bits per heavy atom. The van der Waals surface area contributed by atoms with Crippen LogP contribution in [-0.4, -0.2) is 52.9 Å². The van der Waals surface area contributed by atoms with Gasteiger partial charge in [-0.3, -0.25) is 9.78 Å². The lowest BCUT2D eigenvalue weighted by atomic mass is 10.0. The van der Waals surface area contributed by atoms with Crippen LogP contribution in [0.1, 0.15) is 23.2 Å². The van der Waals surface area contributed by atoms with Gasteiger partial charge in [-0.25, -0.2) is 0 Å². The van der Waals surface area contributed by atoms with Crippen molar-refractivity contribution in [1.29, 1.82) is 0 Å². The summed E-state index contributed by atoms with van der Waals surface area (Å²) in [4.78, 5) is 21.8. The lowest BCUT2D eigenvalue weighted by Crippen LogP contribution is -2.41. The Labute approximate surface area is 124 Å². The van der Waals surface area contributed by atoms with Crippen LogP contribution >= 0.6 is 0 Å². The quantitative estimate of drug-likeness (QED) is 0.803. The molecule has 4 heteroatoms. The Kier molecular flexibility index (Phi) is 3.11. The lowest BCUT2D eigenvalue weighted by molar-refractivity contribution is 0.0685. The molecule has 2 bridgehead atoms. The fraction of sp³-hybridized carbons (Fsp3) is 0.412. The van der Waals surface area contributed by atoms with E-state index in [0.717, 1.165) is 55.5 Å². The normalized spacial score (nSPS) is 25.0. The molecule has 3 aliphatic rings. The van der Waals surface area contributed by atoms with Gasteiger partial charge in [-0.1, -0.05) is 12.1 Å². The van der Waals surface area contributed by atoms with Crippen molar-refractivity contribution in [3.05, 3.63) is 42.1 Å². The van der Waals surface area contributed by atoms with E-state index in [9.17, 15) is 4.79 Å². The highest BCUT2D eigenvalue weighted by atomic mass is 16.2. The molecule has 1 aromatic heterocycles. The molecular formula is C17H19N3O. The molecule has 2 aromatic rings. The van der Waals surface area contributed by atoms with Crippen molar-refractivity contribution in [2.45, 2.75) is 18.9 Å². The average Bonchev–Trinajstić information content (AvgIpc) is 2.87. The number of benzene rings is 1. The van der Waals surface area contributed by atoms with Crippen LogP contribution in [0.25, 0.3) is 10.9 Å². The van der Waals surface area contributed by atoms with Crippen molar-refractivity contribution < 1.29 is 4.79 Å². The molecule has 3 fully saturated rings. The molecule has 4 nitrogen and oxygen atoms in total. The van der Waals surface area contributed by atoms with E-state index >= 15 is 0 Å². The van der Waals surface area contributed by atoms with Gasteiger partial charge in [-0.05, 0) is 31.0 Å². The summed E-state index contributed by atoms with van der Waals surface area (Å²) in [5.41, 5.74) is 1.66. The maximum absolute atomic E-state index is 12.9. The summed E-state index contributed by atoms with van der Waals surface area (Å²) in [5, 5.41) is 1.08. The average molecular weight is 281 g/mol. The SMILES string of the molecule is O=C(c1ccc2cccnc2c1)N1CCN2CCC1CC2. The van der Waals surface area contributed by atoms with Gasteiger partial charge in [0.2, 0.25) is 0 Å². The molecule has 5 rings (SSSR count). The first kappa shape index (κ1) is 12.8. The molecule has 1 amide bonds. The molecule has 3 saturated heterocycles. The van der Waals surface area contributed by atoms with Gasteiger partial charge in [0, 0.05) is 49.4 Å². The zero-order valence-corrected chi connectivity index (χ0v) is 12.0. The van der Waals surface area contributed by atoms with E-state index in [4.69, 9.17) is 0 Å². The van der Waals surface area contributed by atoms with E-state index in [-0.39, 0.29) is 5.91 Å². The topological polar surface area (TPSA) is 36.4 Å². The second kappa shape index (κ2) is 5.11. The summed E-state index contributed by atoms with van der Waals surface area (Å²) in [6, 6.07) is 10.2. The fourth-order valence-corrected chi connectivity index (χ4v) is 3.52. The van der Waals surface area contributed by atoms with Gasteiger partial charge in [0.15, 0.2) is 0 Å². The zero-order valence-electron chi connectivity index (χ0n) is 12.0. The Bertz CT molecular complexity index is 677. The minimum atomic E-state index is 0.163.